The molecule has 0 spiro atoms. The molecule has 2 aliphatic rings. The first-order chi connectivity index (χ1) is 9.23. The molecule has 1 N–H and O–H groups in total. The van der Waals surface area contributed by atoms with Gasteiger partial charge in [-0.1, -0.05) is 13.8 Å². The SMILES string of the molecule is CCC1(CC)CCN(C(=NC)NCCN2CCC2)C1. The maximum Gasteiger partial charge on any atom is 0.193 e. The van der Waals surface area contributed by atoms with E-state index in [1.807, 2.05) is 7.05 Å². The van der Waals surface area contributed by atoms with Gasteiger partial charge in [-0.05, 0) is 44.2 Å². The fourth-order valence-corrected chi connectivity index (χ4v) is 3.21. The van der Waals surface area contributed by atoms with Crippen LogP contribution in [0.25, 0.3) is 0 Å². The van der Waals surface area contributed by atoms with Crippen molar-refractivity contribution in [2.24, 2.45) is 10.4 Å². The van der Waals surface area contributed by atoms with Crippen LogP contribution in [0.1, 0.15) is 39.5 Å². The Kier molecular flexibility index (Phi) is 5.08. The first kappa shape index (κ1) is 14.6. The zero-order chi connectivity index (χ0) is 13.7. The van der Waals surface area contributed by atoms with Gasteiger partial charge in [0.25, 0.3) is 0 Å². The monoisotopic (exact) mass is 266 g/mol. The van der Waals surface area contributed by atoms with Gasteiger partial charge in [-0.15, -0.1) is 0 Å². The normalized spacial score (nSPS) is 23.5. The maximum absolute atomic E-state index is 4.46. The first-order valence-corrected chi connectivity index (χ1v) is 7.91. The smallest absolute Gasteiger partial charge is 0.193 e. The number of aliphatic imine (C=N–C) groups is 1. The highest BCUT2D eigenvalue weighted by Gasteiger charge is 2.36. The molecule has 2 rings (SSSR count). The predicted molar refractivity (Wildman–Crippen MR) is 81.6 cm³/mol. The molecule has 0 amide bonds. The lowest BCUT2D eigenvalue weighted by molar-refractivity contribution is 0.184. The Morgan fingerprint density at radius 1 is 1.21 bits per heavy atom. The minimum atomic E-state index is 0.523. The Labute approximate surface area is 118 Å². The number of guanidine groups is 1. The summed E-state index contributed by atoms with van der Waals surface area (Å²) in [5.41, 5.74) is 0.523. The van der Waals surface area contributed by atoms with Crippen molar-refractivity contribution >= 4 is 5.96 Å². The molecule has 4 heteroatoms. The highest BCUT2D eigenvalue weighted by atomic mass is 15.3. The van der Waals surface area contributed by atoms with Gasteiger partial charge in [0.2, 0.25) is 0 Å². The molecule has 0 aromatic heterocycles. The van der Waals surface area contributed by atoms with Crippen molar-refractivity contribution in [3.8, 4) is 0 Å². The van der Waals surface area contributed by atoms with Gasteiger partial charge in [0.15, 0.2) is 5.96 Å². The lowest BCUT2D eigenvalue weighted by Gasteiger charge is -2.32. The summed E-state index contributed by atoms with van der Waals surface area (Å²) < 4.78 is 0. The van der Waals surface area contributed by atoms with Crippen molar-refractivity contribution in [3.63, 3.8) is 0 Å². The number of hydrogen-bond donors (Lipinski definition) is 1. The van der Waals surface area contributed by atoms with Crippen LogP contribution in [0.2, 0.25) is 0 Å². The third kappa shape index (κ3) is 3.41. The Balaban J connectivity index is 1.78. The highest BCUT2D eigenvalue weighted by molar-refractivity contribution is 5.80. The number of nitrogens with one attached hydrogen (secondary N) is 1. The molecule has 0 saturated carbocycles. The first-order valence-electron chi connectivity index (χ1n) is 7.91. The van der Waals surface area contributed by atoms with Gasteiger partial charge in [0, 0.05) is 33.2 Å². The van der Waals surface area contributed by atoms with Gasteiger partial charge in [0.1, 0.15) is 0 Å². The highest BCUT2D eigenvalue weighted by Crippen LogP contribution is 2.36. The average Bonchev–Trinajstić information content (AvgIpc) is 2.82. The van der Waals surface area contributed by atoms with Crippen LogP contribution in [-0.4, -0.2) is 62.1 Å². The van der Waals surface area contributed by atoms with E-state index in [9.17, 15) is 0 Å². The van der Waals surface area contributed by atoms with Gasteiger partial charge in [-0.25, -0.2) is 0 Å². The van der Waals surface area contributed by atoms with Crippen LogP contribution >= 0.6 is 0 Å². The van der Waals surface area contributed by atoms with Crippen molar-refractivity contribution < 1.29 is 0 Å². The lowest BCUT2D eigenvalue weighted by Crippen LogP contribution is -2.46. The van der Waals surface area contributed by atoms with E-state index in [0.29, 0.717) is 5.41 Å². The van der Waals surface area contributed by atoms with Crippen LogP contribution in [0.3, 0.4) is 0 Å². The second-order valence-corrected chi connectivity index (χ2v) is 6.05. The van der Waals surface area contributed by atoms with Gasteiger partial charge in [-0.3, -0.25) is 4.99 Å². The van der Waals surface area contributed by atoms with E-state index in [0.717, 1.165) is 25.6 Å². The molecule has 2 heterocycles. The van der Waals surface area contributed by atoms with Gasteiger partial charge >= 0.3 is 0 Å². The zero-order valence-electron chi connectivity index (χ0n) is 12.9. The molecule has 0 aliphatic carbocycles. The molecule has 0 unspecified atom stereocenters. The third-order valence-corrected chi connectivity index (χ3v) is 5.11. The van der Waals surface area contributed by atoms with Crippen molar-refractivity contribution in [1.29, 1.82) is 0 Å². The Hall–Kier alpha value is -0.770. The lowest BCUT2D eigenvalue weighted by atomic mass is 9.82. The molecule has 2 fully saturated rings. The van der Waals surface area contributed by atoms with E-state index in [1.54, 1.807) is 0 Å². The minimum Gasteiger partial charge on any atom is -0.355 e. The standard InChI is InChI=1S/C15H30N4/c1-4-15(5-2)7-11-19(13-15)14(16-3)17-8-12-18-9-6-10-18/h4-13H2,1-3H3,(H,16,17). The minimum absolute atomic E-state index is 0.523. The quantitative estimate of drug-likeness (QED) is 0.608. The molecule has 0 aromatic carbocycles. The van der Waals surface area contributed by atoms with E-state index in [4.69, 9.17) is 0 Å². The summed E-state index contributed by atoms with van der Waals surface area (Å²) in [6, 6.07) is 0. The zero-order valence-corrected chi connectivity index (χ0v) is 12.9. The second-order valence-electron chi connectivity index (χ2n) is 6.05. The summed E-state index contributed by atoms with van der Waals surface area (Å²) in [5.74, 6) is 1.10. The summed E-state index contributed by atoms with van der Waals surface area (Å²) in [4.78, 5) is 9.40. The van der Waals surface area contributed by atoms with Gasteiger partial charge < -0.3 is 15.1 Å². The number of nitrogens with zero attached hydrogens (tertiary/aromatic N) is 3. The number of likely N-dealkylation sites (tertiary alicyclic amines) is 2. The van der Waals surface area contributed by atoms with Crippen molar-refractivity contribution in [3.05, 3.63) is 0 Å². The fourth-order valence-electron chi connectivity index (χ4n) is 3.21. The third-order valence-electron chi connectivity index (χ3n) is 5.11. The van der Waals surface area contributed by atoms with E-state index in [2.05, 4.69) is 34.0 Å². The molecule has 0 aromatic rings. The number of rotatable bonds is 5. The van der Waals surface area contributed by atoms with Crippen LogP contribution in [0.15, 0.2) is 4.99 Å². The predicted octanol–water partition coefficient (Wildman–Crippen LogP) is 1.78. The van der Waals surface area contributed by atoms with Crippen molar-refractivity contribution in [2.75, 3.05) is 46.3 Å². The van der Waals surface area contributed by atoms with Crippen LogP contribution in [-0.2, 0) is 0 Å². The molecule has 110 valence electrons. The maximum atomic E-state index is 4.46. The van der Waals surface area contributed by atoms with E-state index in [-0.39, 0.29) is 0 Å². The molecular weight excluding hydrogens is 236 g/mol. The summed E-state index contributed by atoms with van der Waals surface area (Å²) in [7, 11) is 1.91. The molecular formula is C15H30N4. The summed E-state index contributed by atoms with van der Waals surface area (Å²) in [6.07, 6.45) is 5.25. The van der Waals surface area contributed by atoms with E-state index >= 15 is 0 Å². The van der Waals surface area contributed by atoms with Crippen LogP contribution in [0.4, 0.5) is 0 Å². The topological polar surface area (TPSA) is 30.9 Å². The largest absolute Gasteiger partial charge is 0.355 e. The summed E-state index contributed by atoms with van der Waals surface area (Å²) in [6.45, 7) is 11.7. The molecule has 0 bridgehead atoms. The molecule has 0 radical (unpaired) electrons. The molecule has 2 aliphatic heterocycles. The van der Waals surface area contributed by atoms with Crippen LogP contribution in [0, 0.1) is 5.41 Å². The van der Waals surface area contributed by atoms with E-state index in [1.165, 1.54) is 45.3 Å². The average molecular weight is 266 g/mol. The Morgan fingerprint density at radius 2 is 1.95 bits per heavy atom. The van der Waals surface area contributed by atoms with E-state index < -0.39 is 0 Å². The number of hydrogen-bond acceptors (Lipinski definition) is 2. The summed E-state index contributed by atoms with van der Waals surface area (Å²) >= 11 is 0. The molecule has 0 atom stereocenters. The Bertz CT molecular complexity index is 305. The second kappa shape index (κ2) is 6.60. The van der Waals surface area contributed by atoms with Gasteiger partial charge in [0.05, 0.1) is 0 Å². The Morgan fingerprint density at radius 3 is 2.42 bits per heavy atom. The molecule has 2 saturated heterocycles. The van der Waals surface area contributed by atoms with Crippen molar-refractivity contribution in [2.45, 2.75) is 39.5 Å². The van der Waals surface area contributed by atoms with Crippen LogP contribution < -0.4 is 5.32 Å². The molecule has 19 heavy (non-hydrogen) atoms. The van der Waals surface area contributed by atoms with Crippen LogP contribution in [0.5, 0.6) is 0 Å². The van der Waals surface area contributed by atoms with Gasteiger partial charge in [-0.2, -0.15) is 0 Å². The summed E-state index contributed by atoms with van der Waals surface area (Å²) in [5, 5.41) is 3.53. The molecule has 4 nitrogen and oxygen atoms in total. The van der Waals surface area contributed by atoms with Crippen molar-refractivity contribution in [1.82, 2.24) is 15.1 Å². The fraction of sp³-hybridized carbons (Fsp3) is 0.933.